The van der Waals surface area contributed by atoms with E-state index in [9.17, 15) is 29.5 Å². The normalized spacial score (nSPS) is 21.2. The number of aliphatic hydroxyl groups excluding tert-OH is 2. The maximum absolute atomic E-state index is 15.1. The lowest BCUT2D eigenvalue weighted by atomic mass is 9.55. The number of fused-ring (bicyclic) bond motifs is 2. The summed E-state index contributed by atoms with van der Waals surface area (Å²) in [4.78, 5) is 47.2. The first-order valence-electron chi connectivity index (χ1n) is 24.3. The Kier molecular flexibility index (Phi) is 17.1. The van der Waals surface area contributed by atoms with Gasteiger partial charge < -0.3 is 39.3 Å². The molecule has 3 N–H and O–H groups in total. The zero-order chi connectivity index (χ0) is 50.5. The van der Waals surface area contributed by atoms with Gasteiger partial charge in [-0.2, -0.15) is 0 Å². The first-order chi connectivity index (χ1) is 35.1. The largest absolute Gasteiger partial charge is 0.459 e. The van der Waals surface area contributed by atoms with Gasteiger partial charge in [0, 0.05) is 56.3 Å². The van der Waals surface area contributed by atoms with Crippen LogP contribution in [-0.4, -0.2) is 69.6 Å². The number of unbranched alkanes of at least 4 members (excludes halogenated alkanes) is 2. The van der Waals surface area contributed by atoms with Crippen molar-refractivity contribution in [2.45, 2.75) is 82.4 Å². The van der Waals surface area contributed by atoms with E-state index < -0.39 is 46.6 Å². The molecule has 376 valence electrons. The molecule has 1 saturated carbocycles. The van der Waals surface area contributed by atoms with Gasteiger partial charge in [-0.25, -0.2) is 14.0 Å². The Hall–Kier alpha value is -7.40. The van der Waals surface area contributed by atoms with Gasteiger partial charge in [0.2, 0.25) is 5.79 Å². The Morgan fingerprint density at radius 3 is 2.22 bits per heavy atom. The number of halogens is 1. The van der Waals surface area contributed by atoms with Gasteiger partial charge in [0.1, 0.15) is 35.7 Å². The maximum atomic E-state index is 15.1. The number of hydrogen-bond donors (Lipinski definition) is 3. The van der Waals surface area contributed by atoms with Gasteiger partial charge in [-0.15, -0.1) is 6.58 Å². The van der Waals surface area contributed by atoms with Crippen molar-refractivity contribution in [2.75, 3.05) is 19.8 Å². The molecule has 0 saturated heterocycles. The molecule has 1 aliphatic heterocycles. The van der Waals surface area contributed by atoms with Crippen molar-refractivity contribution >= 4 is 23.6 Å². The zero-order valence-corrected chi connectivity index (χ0v) is 39.9. The van der Waals surface area contributed by atoms with E-state index in [0.29, 0.717) is 55.5 Å². The van der Waals surface area contributed by atoms with Crippen molar-refractivity contribution in [1.82, 2.24) is 10.2 Å². The third-order valence-corrected chi connectivity index (χ3v) is 13.5. The van der Waals surface area contributed by atoms with Crippen LogP contribution in [0.4, 0.5) is 19.7 Å². The number of benzene rings is 5. The summed E-state index contributed by atoms with van der Waals surface area (Å²) in [6, 6.07) is 34.0. The quantitative estimate of drug-likeness (QED) is 0.0259. The van der Waals surface area contributed by atoms with Crippen molar-refractivity contribution in [1.29, 1.82) is 0 Å². The number of nitro groups is 1. The van der Waals surface area contributed by atoms with Gasteiger partial charge in [-0.3, -0.25) is 15.0 Å². The molecule has 3 aliphatic rings. The van der Waals surface area contributed by atoms with Crippen molar-refractivity contribution in [3.63, 3.8) is 0 Å². The van der Waals surface area contributed by atoms with Gasteiger partial charge in [-0.05, 0) is 102 Å². The van der Waals surface area contributed by atoms with Crippen LogP contribution in [0.15, 0.2) is 157 Å². The van der Waals surface area contributed by atoms with Crippen LogP contribution in [0, 0.1) is 33.7 Å². The van der Waals surface area contributed by atoms with E-state index in [1.165, 1.54) is 41.3 Å². The second kappa shape index (κ2) is 24.1. The predicted molar refractivity (Wildman–Crippen MR) is 267 cm³/mol. The Morgan fingerprint density at radius 1 is 0.861 bits per heavy atom. The number of nitro benzene ring substituents is 1. The van der Waals surface area contributed by atoms with E-state index in [1.54, 1.807) is 30.3 Å². The molecule has 0 unspecified atom stereocenters. The van der Waals surface area contributed by atoms with E-state index >= 15 is 4.79 Å². The van der Waals surface area contributed by atoms with Gasteiger partial charge >= 0.3 is 12.2 Å². The second-order valence-corrected chi connectivity index (χ2v) is 18.1. The summed E-state index contributed by atoms with van der Waals surface area (Å²) >= 11 is 0. The summed E-state index contributed by atoms with van der Waals surface area (Å²) in [5.74, 6) is -2.92. The fraction of sp³-hybridized carbons (Fsp3) is 0.339. The molecule has 72 heavy (non-hydrogen) atoms. The van der Waals surface area contributed by atoms with Crippen molar-refractivity contribution < 1.29 is 52.9 Å². The van der Waals surface area contributed by atoms with Crippen LogP contribution in [0.25, 0.3) is 0 Å². The van der Waals surface area contributed by atoms with Gasteiger partial charge in [0.25, 0.3) is 5.69 Å². The number of carbonyl (C=O) groups is 2. The van der Waals surface area contributed by atoms with E-state index in [1.807, 2.05) is 66.7 Å². The number of non-ortho nitro benzene ring substituents is 1. The number of amides is 2. The number of aliphatic hydroxyl groups is 2. The highest BCUT2D eigenvalue weighted by Crippen LogP contribution is 2.62. The lowest BCUT2D eigenvalue weighted by Crippen LogP contribution is -2.70. The minimum absolute atomic E-state index is 0.00784. The summed E-state index contributed by atoms with van der Waals surface area (Å²) in [5.41, 5.74) is 4.12. The first-order valence-corrected chi connectivity index (χ1v) is 24.3. The van der Waals surface area contributed by atoms with Crippen molar-refractivity contribution in [2.24, 2.45) is 22.9 Å². The highest BCUT2D eigenvalue weighted by molar-refractivity contribution is 6.03. The van der Waals surface area contributed by atoms with E-state index in [0.717, 1.165) is 22.3 Å². The summed E-state index contributed by atoms with van der Waals surface area (Å²) in [7, 11) is 0. The maximum Gasteiger partial charge on any atom is 0.416 e. The van der Waals surface area contributed by atoms with Crippen molar-refractivity contribution in [3.05, 3.63) is 190 Å². The van der Waals surface area contributed by atoms with Gasteiger partial charge in [0.05, 0.1) is 23.2 Å². The summed E-state index contributed by atoms with van der Waals surface area (Å²) < 4.78 is 40.9. The highest BCUT2D eigenvalue weighted by Gasteiger charge is 2.66. The monoisotopic (exact) mass is 982 g/mol. The lowest BCUT2D eigenvalue weighted by molar-refractivity contribution is -0.384. The molecule has 1 heterocycles. The molecule has 0 bridgehead atoms. The smallest absolute Gasteiger partial charge is 0.416 e. The Balaban J connectivity index is 1.31. The fourth-order valence-corrected chi connectivity index (χ4v) is 10.3. The lowest BCUT2D eigenvalue weighted by Gasteiger charge is -2.59. The topological polar surface area (TPSA) is 192 Å². The average Bonchev–Trinajstić information content (AvgIpc) is 3.39. The summed E-state index contributed by atoms with van der Waals surface area (Å²) in [6.45, 7) is 4.23. The molecule has 15 nitrogen and oxygen atoms in total. The van der Waals surface area contributed by atoms with Crippen molar-refractivity contribution in [3.8, 4) is 17.2 Å². The minimum Gasteiger partial charge on any atom is -0.459 e. The van der Waals surface area contributed by atoms with Crippen LogP contribution in [0.2, 0.25) is 0 Å². The van der Waals surface area contributed by atoms with E-state index in [-0.39, 0.29) is 75.0 Å². The molecular formula is C56H59FN4O11. The number of rotatable bonds is 22. The molecule has 5 aromatic rings. The molecule has 1 fully saturated rings. The minimum atomic E-state index is -1.72. The van der Waals surface area contributed by atoms with E-state index in [2.05, 4.69) is 18.0 Å². The van der Waals surface area contributed by atoms with Gasteiger partial charge in [0.15, 0.2) is 0 Å². The van der Waals surface area contributed by atoms with Gasteiger partial charge in [-0.1, -0.05) is 103 Å². The number of hydrogen-bond acceptors (Lipinski definition) is 12. The summed E-state index contributed by atoms with van der Waals surface area (Å²) in [6.07, 6.45) is 6.16. The standard InChI is InChI=1S/C56H59FN4O11/c1-2-31-68-56-51(60(36-39-19-21-42(57)22-20-39)55(65)71-44-25-23-43(24-26-44)61(66)67)34-49(59-69-37-40-15-7-4-8-16-40)47-32-41(17-9-11-29-62)46(18-10-12-30-63)52(53(47)56)48-33-45(27-28-50(48)72-56)70-54(64)58-35-38-13-5-3-6-14-38/h2-8,13-16,19-28,32-33,41,46,51-53,62-63H,1,9-12,17-18,29-31,34-37H2,(H,58,64)/t41-,46+,51-,52+,53+,56+/m0/s1. The number of nitrogens with zero attached hydrogens (tertiary/aromatic N) is 3. The Morgan fingerprint density at radius 2 is 1.54 bits per heavy atom. The number of oxime groups is 1. The highest BCUT2D eigenvalue weighted by atomic mass is 19.1. The molecule has 8 rings (SSSR count). The molecule has 6 atom stereocenters. The van der Waals surface area contributed by atoms with Crippen LogP contribution in [0.1, 0.15) is 73.1 Å². The second-order valence-electron chi connectivity index (χ2n) is 18.1. The molecule has 16 heteroatoms. The fourth-order valence-electron chi connectivity index (χ4n) is 10.3. The molecule has 0 radical (unpaired) electrons. The molecule has 2 amide bonds. The molecule has 0 aromatic heterocycles. The molecule has 0 spiro atoms. The van der Waals surface area contributed by atoms with Crippen LogP contribution in [0.3, 0.4) is 0 Å². The van der Waals surface area contributed by atoms with Crippen LogP contribution in [0.5, 0.6) is 17.2 Å². The summed E-state index contributed by atoms with van der Waals surface area (Å²) in [5, 5.41) is 39.3. The number of nitrogens with one attached hydrogen (secondary N) is 1. The SMILES string of the molecule is C=CCO[C@@]12Oc3ccc(OC(=O)NCc4ccccc4)cc3[C@H]3[C@H](CCCCO)[C@@H](CCCCO)C=C(C(=NOCc4ccccc4)C[C@@H]1N(Cc1ccc(F)cc1)C(=O)Oc1ccc([N+](=O)[O-])cc1)[C@H]32. The third kappa shape index (κ3) is 12.0. The predicted octanol–water partition coefficient (Wildman–Crippen LogP) is 10.6. The van der Waals surface area contributed by atoms with Crippen LogP contribution >= 0.6 is 0 Å². The Bertz CT molecular complexity index is 2710. The number of allylic oxidation sites excluding steroid dienone is 1. The van der Waals surface area contributed by atoms with Crippen LogP contribution in [-0.2, 0) is 29.3 Å². The molecule has 2 aliphatic carbocycles. The number of ether oxygens (including phenoxy) is 4. The molecule has 5 aromatic carbocycles. The zero-order valence-electron chi connectivity index (χ0n) is 39.9. The molecular weight excluding hydrogens is 924 g/mol. The number of carbonyl (C=O) groups excluding carboxylic acids is 2. The Labute approximate surface area is 417 Å². The van der Waals surface area contributed by atoms with Crippen LogP contribution < -0.4 is 19.5 Å². The first kappa shape index (κ1) is 51.0. The van der Waals surface area contributed by atoms with E-state index in [4.69, 9.17) is 28.9 Å². The third-order valence-electron chi connectivity index (χ3n) is 13.5. The average molecular weight is 983 g/mol.